The molecule has 14 heavy (non-hydrogen) atoms. The van der Waals surface area contributed by atoms with Crippen LogP contribution >= 0.6 is 0 Å². The summed E-state index contributed by atoms with van der Waals surface area (Å²) in [5.74, 6) is 0.120. The fraction of sp³-hybridized carbons (Fsp3) is 0.818. The fourth-order valence-corrected chi connectivity index (χ4v) is 1.91. The molecule has 1 fully saturated rings. The number of nitrogens with zero attached hydrogens (tertiary/aromatic N) is 1. The summed E-state index contributed by atoms with van der Waals surface area (Å²) in [4.78, 5) is 24.0. The molecule has 0 spiro atoms. The van der Waals surface area contributed by atoms with Crippen LogP contribution in [0.5, 0.6) is 0 Å². The third-order valence-corrected chi connectivity index (χ3v) is 2.50. The van der Waals surface area contributed by atoms with Gasteiger partial charge in [-0.2, -0.15) is 0 Å². The molecule has 0 bridgehead atoms. The highest BCUT2D eigenvalue weighted by atomic mass is 16.2. The van der Waals surface area contributed by atoms with Crippen molar-refractivity contribution < 1.29 is 9.59 Å². The molecule has 1 heterocycles. The molecule has 0 aromatic rings. The van der Waals surface area contributed by atoms with Crippen LogP contribution in [0.25, 0.3) is 0 Å². The van der Waals surface area contributed by atoms with E-state index in [1.807, 2.05) is 20.8 Å². The van der Waals surface area contributed by atoms with Gasteiger partial charge in [0.15, 0.2) is 5.78 Å². The van der Waals surface area contributed by atoms with E-state index in [9.17, 15) is 9.59 Å². The zero-order valence-corrected chi connectivity index (χ0v) is 9.83. The molecule has 0 saturated carbocycles. The second kappa shape index (κ2) is 5.78. The molecule has 1 saturated heterocycles. The van der Waals surface area contributed by atoms with Crippen molar-refractivity contribution in [2.45, 2.75) is 59.5 Å². The Balaban J connectivity index is 0.000000791. The molecule has 82 valence electrons. The summed E-state index contributed by atoms with van der Waals surface area (Å²) in [6.07, 6.45) is 1.78. The van der Waals surface area contributed by atoms with Crippen LogP contribution in [0.15, 0.2) is 0 Å². The van der Waals surface area contributed by atoms with Gasteiger partial charge >= 0.3 is 0 Å². The highest BCUT2D eigenvalue weighted by molar-refractivity contribution is 5.87. The second-order valence-electron chi connectivity index (χ2n) is 3.48. The van der Waals surface area contributed by atoms with Crippen LogP contribution in [-0.4, -0.2) is 28.7 Å². The lowest BCUT2D eigenvalue weighted by Crippen LogP contribution is -2.41. The van der Waals surface area contributed by atoms with Crippen molar-refractivity contribution in [3.63, 3.8) is 0 Å². The first-order valence-electron chi connectivity index (χ1n) is 5.33. The van der Waals surface area contributed by atoms with Gasteiger partial charge in [0, 0.05) is 13.0 Å². The number of carbonyl (C=O) groups is 2. The van der Waals surface area contributed by atoms with Crippen molar-refractivity contribution in [2.75, 3.05) is 0 Å². The first-order chi connectivity index (χ1) is 6.54. The van der Waals surface area contributed by atoms with Crippen molar-refractivity contribution in [1.82, 2.24) is 4.90 Å². The van der Waals surface area contributed by atoms with E-state index in [1.54, 1.807) is 11.8 Å². The summed E-state index contributed by atoms with van der Waals surface area (Å²) < 4.78 is 0. The van der Waals surface area contributed by atoms with Crippen molar-refractivity contribution in [3.05, 3.63) is 0 Å². The molecule has 0 aliphatic carbocycles. The normalized spacial score (nSPS) is 25.4. The van der Waals surface area contributed by atoms with Gasteiger partial charge in [-0.15, -0.1) is 0 Å². The number of hydrogen-bond acceptors (Lipinski definition) is 2. The van der Waals surface area contributed by atoms with Crippen LogP contribution in [0.3, 0.4) is 0 Å². The van der Waals surface area contributed by atoms with E-state index < -0.39 is 0 Å². The Kier molecular flexibility index (Phi) is 5.43. The lowest BCUT2D eigenvalue weighted by atomic mass is 10.1. The lowest BCUT2D eigenvalue weighted by molar-refractivity contribution is -0.136. The van der Waals surface area contributed by atoms with Gasteiger partial charge in [0.1, 0.15) is 0 Å². The van der Waals surface area contributed by atoms with Gasteiger partial charge in [-0.3, -0.25) is 9.59 Å². The molecule has 1 amide bonds. The van der Waals surface area contributed by atoms with Crippen LogP contribution in [-0.2, 0) is 9.59 Å². The molecule has 1 aliphatic heterocycles. The minimum absolute atomic E-state index is 0.0141. The van der Waals surface area contributed by atoms with E-state index in [0.29, 0.717) is 0 Å². The quantitative estimate of drug-likeness (QED) is 0.647. The largest absolute Gasteiger partial charge is 0.330 e. The number of rotatable bonds is 1. The smallest absolute Gasteiger partial charge is 0.220 e. The molecule has 0 N–H and O–H groups in total. The van der Waals surface area contributed by atoms with Crippen LogP contribution in [0, 0.1) is 0 Å². The predicted octanol–water partition coefficient (Wildman–Crippen LogP) is 2.00. The van der Waals surface area contributed by atoms with E-state index in [1.165, 1.54) is 6.92 Å². The molecule has 0 aromatic heterocycles. The topological polar surface area (TPSA) is 37.4 Å². The molecule has 0 aromatic carbocycles. The zero-order chi connectivity index (χ0) is 11.3. The summed E-state index contributed by atoms with van der Waals surface area (Å²) >= 11 is 0. The molecule has 0 radical (unpaired) electrons. The summed E-state index contributed by atoms with van der Waals surface area (Å²) in [7, 11) is 0. The minimum atomic E-state index is -0.155. The Hall–Kier alpha value is -0.860. The molecule has 2 atom stereocenters. The maximum absolute atomic E-state index is 11.1. The second-order valence-corrected chi connectivity index (χ2v) is 3.48. The average molecular weight is 199 g/mol. The third kappa shape index (κ3) is 2.82. The molecule has 1 rings (SSSR count). The van der Waals surface area contributed by atoms with Crippen molar-refractivity contribution in [1.29, 1.82) is 0 Å². The predicted molar refractivity (Wildman–Crippen MR) is 57.0 cm³/mol. The maximum atomic E-state index is 11.1. The average Bonchev–Trinajstić information content (AvgIpc) is 2.50. The Labute approximate surface area is 86.5 Å². The standard InChI is InChI=1S/C9H15NO2.C2H6/c1-6-4-5-9(7(2)11)10(6)8(3)12;1-2/h6,9H,4-5H2,1-3H3;1-2H3. The third-order valence-electron chi connectivity index (χ3n) is 2.50. The van der Waals surface area contributed by atoms with Crippen LogP contribution in [0.4, 0.5) is 0 Å². The van der Waals surface area contributed by atoms with Crippen LogP contribution in [0.1, 0.15) is 47.5 Å². The van der Waals surface area contributed by atoms with Gasteiger partial charge in [-0.25, -0.2) is 0 Å². The van der Waals surface area contributed by atoms with E-state index in [0.717, 1.165) is 12.8 Å². The highest BCUT2D eigenvalue weighted by Crippen LogP contribution is 2.24. The summed E-state index contributed by atoms with van der Waals surface area (Å²) in [5, 5.41) is 0. The van der Waals surface area contributed by atoms with Crippen LogP contribution in [0.2, 0.25) is 0 Å². The molecular formula is C11H21NO2. The summed E-state index contributed by atoms with van der Waals surface area (Å²) in [6.45, 7) is 9.07. The Morgan fingerprint density at radius 2 is 1.64 bits per heavy atom. The Bertz CT molecular complexity index is 213. The first kappa shape index (κ1) is 13.1. The van der Waals surface area contributed by atoms with Gasteiger partial charge in [0.05, 0.1) is 6.04 Å². The lowest BCUT2D eigenvalue weighted by Gasteiger charge is -2.25. The summed E-state index contributed by atoms with van der Waals surface area (Å²) in [5.41, 5.74) is 0. The van der Waals surface area contributed by atoms with Gasteiger partial charge in [-0.05, 0) is 26.7 Å². The van der Waals surface area contributed by atoms with Gasteiger partial charge in [0.2, 0.25) is 5.91 Å². The van der Waals surface area contributed by atoms with E-state index in [2.05, 4.69) is 0 Å². The van der Waals surface area contributed by atoms with Crippen molar-refractivity contribution in [2.24, 2.45) is 0 Å². The zero-order valence-electron chi connectivity index (χ0n) is 9.83. The fourth-order valence-electron chi connectivity index (χ4n) is 1.91. The number of Topliss-reactive ketones (excluding diaryl/α,β-unsaturated/α-hetero) is 1. The molecular weight excluding hydrogens is 178 g/mol. The number of likely N-dealkylation sites (tertiary alicyclic amines) is 1. The molecule has 1 aliphatic rings. The minimum Gasteiger partial charge on any atom is -0.330 e. The first-order valence-corrected chi connectivity index (χ1v) is 5.33. The van der Waals surface area contributed by atoms with Gasteiger partial charge in [0.25, 0.3) is 0 Å². The van der Waals surface area contributed by atoms with E-state index in [4.69, 9.17) is 0 Å². The summed E-state index contributed by atoms with van der Waals surface area (Å²) in [6, 6.07) is 0.0777. The monoisotopic (exact) mass is 199 g/mol. The molecule has 3 heteroatoms. The van der Waals surface area contributed by atoms with E-state index in [-0.39, 0.29) is 23.8 Å². The highest BCUT2D eigenvalue weighted by Gasteiger charge is 2.34. The Morgan fingerprint density at radius 1 is 1.14 bits per heavy atom. The van der Waals surface area contributed by atoms with Gasteiger partial charge in [-0.1, -0.05) is 13.8 Å². The van der Waals surface area contributed by atoms with E-state index >= 15 is 0 Å². The van der Waals surface area contributed by atoms with Crippen LogP contribution < -0.4 is 0 Å². The van der Waals surface area contributed by atoms with Crippen molar-refractivity contribution in [3.8, 4) is 0 Å². The SMILES string of the molecule is CC.CC(=O)C1CCC(C)N1C(C)=O. The number of hydrogen-bond donors (Lipinski definition) is 0. The maximum Gasteiger partial charge on any atom is 0.220 e. The number of carbonyl (C=O) groups excluding carboxylic acids is 2. The number of ketones is 1. The number of amides is 1. The van der Waals surface area contributed by atoms with Gasteiger partial charge < -0.3 is 4.90 Å². The molecule has 3 nitrogen and oxygen atoms in total. The Morgan fingerprint density at radius 3 is 1.93 bits per heavy atom. The molecule has 2 unspecified atom stereocenters. The van der Waals surface area contributed by atoms with Crippen molar-refractivity contribution >= 4 is 11.7 Å².